The largest absolute Gasteiger partial charge is 0.456 e. The lowest BCUT2D eigenvalue weighted by Gasteiger charge is -2.30. The molecular weight excluding hydrogens is 739 g/mol. The summed E-state index contributed by atoms with van der Waals surface area (Å²) in [5.74, 6) is 0. The van der Waals surface area contributed by atoms with Gasteiger partial charge in [0.2, 0.25) is 0 Å². The molecule has 4 nitrogen and oxygen atoms in total. The molecular formula is C54H37N3OS. The van der Waals surface area contributed by atoms with Crippen LogP contribution in [0.3, 0.4) is 0 Å². The van der Waals surface area contributed by atoms with Gasteiger partial charge in [0.15, 0.2) is 0 Å². The second kappa shape index (κ2) is 14.7. The minimum Gasteiger partial charge on any atom is -0.456 e. The third kappa shape index (κ3) is 6.25. The molecule has 0 saturated heterocycles. The molecule has 59 heavy (non-hydrogen) atoms. The Bertz CT molecular complexity index is 3140. The SMILES string of the molecule is c1ccc(N(c2ccccc2)c2ccc3oc4cc(N(c5ccccc5)c5cc(N(c6ccccc6)c6ccccc6)cc6c5sc5ccccc56)ccc4c3c2)cc1. The lowest BCUT2D eigenvalue weighted by molar-refractivity contribution is 0.669. The highest BCUT2D eigenvalue weighted by atomic mass is 32.1. The average molecular weight is 776 g/mol. The third-order valence-corrected chi connectivity index (χ3v) is 12.2. The van der Waals surface area contributed by atoms with Gasteiger partial charge in [-0.05, 0) is 109 Å². The molecule has 5 heteroatoms. The fourth-order valence-corrected chi connectivity index (χ4v) is 9.52. The molecule has 0 amide bonds. The minimum absolute atomic E-state index is 0.834. The van der Waals surface area contributed by atoms with Crippen LogP contribution in [0.4, 0.5) is 51.2 Å². The Balaban J connectivity index is 1.11. The van der Waals surface area contributed by atoms with Crippen molar-refractivity contribution in [2.24, 2.45) is 0 Å². The van der Waals surface area contributed by atoms with E-state index in [1.54, 1.807) is 0 Å². The van der Waals surface area contributed by atoms with E-state index >= 15 is 0 Å². The van der Waals surface area contributed by atoms with Crippen molar-refractivity contribution < 1.29 is 4.42 Å². The Hall–Kier alpha value is -7.60. The van der Waals surface area contributed by atoms with Crippen LogP contribution in [0, 0.1) is 0 Å². The first-order valence-electron chi connectivity index (χ1n) is 19.8. The van der Waals surface area contributed by atoms with Crippen molar-refractivity contribution in [3.8, 4) is 0 Å². The van der Waals surface area contributed by atoms with Crippen molar-refractivity contribution in [3.63, 3.8) is 0 Å². The highest BCUT2D eigenvalue weighted by Crippen LogP contribution is 2.49. The Morgan fingerprint density at radius 1 is 0.288 bits per heavy atom. The number of hydrogen-bond donors (Lipinski definition) is 0. The first-order valence-corrected chi connectivity index (χ1v) is 20.7. The van der Waals surface area contributed by atoms with E-state index in [9.17, 15) is 0 Å². The summed E-state index contributed by atoms with van der Waals surface area (Å²) in [5, 5.41) is 4.60. The van der Waals surface area contributed by atoms with Crippen molar-refractivity contribution in [1.82, 2.24) is 0 Å². The molecule has 2 heterocycles. The maximum atomic E-state index is 6.72. The summed E-state index contributed by atoms with van der Waals surface area (Å²) in [4.78, 5) is 7.04. The molecule has 2 aromatic heterocycles. The Morgan fingerprint density at radius 2 is 0.746 bits per heavy atom. The predicted octanol–water partition coefficient (Wildman–Crippen LogP) is 16.4. The highest BCUT2D eigenvalue weighted by Gasteiger charge is 2.24. The second-order valence-corrected chi connectivity index (χ2v) is 15.6. The Kier molecular flexibility index (Phi) is 8.64. The van der Waals surface area contributed by atoms with Crippen LogP contribution in [0.1, 0.15) is 0 Å². The van der Waals surface area contributed by atoms with Crippen molar-refractivity contribution >= 4 is 105 Å². The van der Waals surface area contributed by atoms with E-state index in [4.69, 9.17) is 4.42 Å². The molecule has 0 aliphatic rings. The van der Waals surface area contributed by atoms with E-state index in [-0.39, 0.29) is 0 Å². The summed E-state index contributed by atoms with van der Waals surface area (Å²) < 4.78 is 9.20. The van der Waals surface area contributed by atoms with E-state index in [0.29, 0.717) is 0 Å². The molecule has 9 aromatic carbocycles. The Morgan fingerprint density at radius 3 is 1.32 bits per heavy atom. The molecule has 0 atom stereocenters. The first-order chi connectivity index (χ1) is 29.3. The molecule has 11 rings (SSSR count). The van der Waals surface area contributed by atoms with Crippen molar-refractivity contribution in [2.45, 2.75) is 0 Å². The van der Waals surface area contributed by atoms with Gasteiger partial charge in [-0.2, -0.15) is 0 Å². The van der Waals surface area contributed by atoms with Crippen molar-refractivity contribution in [2.75, 3.05) is 14.7 Å². The van der Waals surface area contributed by atoms with Gasteiger partial charge in [-0.25, -0.2) is 0 Å². The van der Waals surface area contributed by atoms with E-state index in [0.717, 1.165) is 73.1 Å². The summed E-state index contributed by atoms with van der Waals surface area (Å²) in [6.45, 7) is 0. The summed E-state index contributed by atoms with van der Waals surface area (Å²) >= 11 is 1.84. The molecule has 0 aliphatic heterocycles. The Labute approximate surface area is 346 Å². The molecule has 0 fully saturated rings. The zero-order valence-corrected chi connectivity index (χ0v) is 32.8. The highest BCUT2D eigenvalue weighted by molar-refractivity contribution is 7.26. The maximum absolute atomic E-state index is 6.72. The molecule has 11 aromatic rings. The number of nitrogens with zero attached hydrogens (tertiary/aromatic N) is 3. The topological polar surface area (TPSA) is 22.9 Å². The summed E-state index contributed by atoms with van der Waals surface area (Å²) in [7, 11) is 0. The van der Waals surface area contributed by atoms with Gasteiger partial charge in [-0.15, -0.1) is 11.3 Å². The number of hydrogen-bond acceptors (Lipinski definition) is 5. The molecule has 0 bridgehead atoms. The van der Waals surface area contributed by atoms with E-state index in [1.807, 2.05) is 11.3 Å². The van der Waals surface area contributed by atoms with Crippen LogP contribution in [-0.4, -0.2) is 0 Å². The fraction of sp³-hybridized carbons (Fsp3) is 0. The van der Waals surface area contributed by atoms with Gasteiger partial charge in [0.1, 0.15) is 11.2 Å². The molecule has 280 valence electrons. The molecule has 0 saturated carbocycles. The lowest BCUT2D eigenvalue weighted by atomic mass is 10.1. The first kappa shape index (κ1) is 34.6. The van der Waals surface area contributed by atoms with Gasteiger partial charge in [0.05, 0.1) is 10.4 Å². The molecule has 0 N–H and O–H groups in total. The van der Waals surface area contributed by atoms with Gasteiger partial charge < -0.3 is 19.1 Å². The minimum atomic E-state index is 0.834. The number of rotatable bonds is 9. The van der Waals surface area contributed by atoms with Gasteiger partial charge in [-0.1, -0.05) is 109 Å². The van der Waals surface area contributed by atoms with Gasteiger partial charge >= 0.3 is 0 Å². The summed E-state index contributed by atoms with van der Waals surface area (Å²) in [6.07, 6.45) is 0. The molecule has 0 spiro atoms. The maximum Gasteiger partial charge on any atom is 0.137 e. The van der Waals surface area contributed by atoms with E-state index in [1.165, 1.54) is 20.2 Å². The lowest BCUT2D eigenvalue weighted by Crippen LogP contribution is -2.13. The normalized spacial score (nSPS) is 11.4. The van der Waals surface area contributed by atoms with Gasteiger partial charge in [0, 0.05) is 77.8 Å². The van der Waals surface area contributed by atoms with Gasteiger partial charge in [0.25, 0.3) is 0 Å². The predicted molar refractivity (Wildman–Crippen MR) is 251 cm³/mol. The van der Waals surface area contributed by atoms with Crippen LogP contribution < -0.4 is 14.7 Å². The third-order valence-electron chi connectivity index (χ3n) is 11.0. The molecule has 0 aliphatic carbocycles. The summed E-state index contributed by atoms with van der Waals surface area (Å²) in [6, 6.07) is 79.6. The zero-order chi connectivity index (χ0) is 39.1. The number of fused-ring (bicyclic) bond motifs is 6. The van der Waals surface area contributed by atoms with Crippen molar-refractivity contribution in [1.29, 1.82) is 0 Å². The number of anilines is 9. The standard InChI is InChI=1S/C54H37N3OS/c1-6-18-38(19-7-1)55(39-20-8-2-9-21-39)43-31-33-51-48(34-43)46-32-30-44(37-52(46)58-51)57(42-26-14-5-15-27-42)50-36-45(35-49-47-28-16-17-29-53(47)59-54(49)50)56(40-22-10-3-11-23-40)41-24-12-4-13-25-41/h1-37H. The number of thiophene rings is 1. The molecule has 0 unspecified atom stereocenters. The van der Waals surface area contributed by atoms with Gasteiger partial charge in [-0.3, -0.25) is 0 Å². The zero-order valence-electron chi connectivity index (χ0n) is 32.0. The number of furan rings is 1. The molecule has 0 radical (unpaired) electrons. The number of para-hydroxylation sites is 5. The monoisotopic (exact) mass is 775 g/mol. The quantitative estimate of drug-likeness (QED) is 0.146. The summed E-state index contributed by atoms with van der Waals surface area (Å²) in [5.41, 5.74) is 11.4. The van der Waals surface area contributed by atoms with Crippen molar-refractivity contribution in [3.05, 3.63) is 224 Å². The smallest absolute Gasteiger partial charge is 0.137 e. The van der Waals surface area contributed by atoms with Crippen LogP contribution in [0.5, 0.6) is 0 Å². The van der Waals surface area contributed by atoms with Crippen LogP contribution in [-0.2, 0) is 0 Å². The van der Waals surface area contributed by atoms with Crippen LogP contribution >= 0.6 is 11.3 Å². The number of benzene rings is 9. The van der Waals surface area contributed by atoms with Crippen LogP contribution in [0.2, 0.25) is 0 Å². The fourth-order valence-electron chi connectivity index (χ4n) is 8.33. The van der Waals surface area contributed by atoms with Crippen LogP contribution in [0.15, 0.2) is 229 Å². The second-order valence-electron chi connectivity index (χ2n) is 14.6. The average Bonchev–Trinajstić information content (AvgIpc) is 3.86. The van der Waals surface area contributed by atoms with E-state index < -0.39 is 0 Å². The van der Waals surface area contributed by atoms with Crippen LogP contribution in [0.25, 0.3) is 42.1 Å². The van der Waals surface area contributed by atoms with E-state index in [2.05, 4.69) is 239 Å².